The van der Waals surface area contributed by atoms with Crippen LogP contribution in [0, 0.1) is 0 Å². The molecule has 0 amide bonds. The fourth-order valence-electron chi connectivity index (χ4n) is 0.871. The maximum absolute atomic E-state index is 11.2. The molecule has 1 atom stereocenters. The molecule has 0 aliphatic carbocycles. The van der Waals surface area contributed by atoms with Crippen molar-refractivity contribution in [2.75, 3.05) is 6.54 Å². The van der Waals surface area contributed by atoms with Crippen molar-refractivity contribution in [2.24, 2.45) is 0 Å². The van der Waals surface area contributed by atoms with Crippen LogP contribution in [0.1, 0.15) is 34.1 Å². The molecular formula is C10H19NO4. The molecule has 5 nitrogen and oxygen atoms in total. The lowest BCUT2D eigenvalue weighted by Crippen LogP contribution is -2.35. The molecule has 0 rings (SSSR count). The monoisotopic (exact) mass is 217 g/mol. The predicted octanol–water partition coefficient (Wildman–Crippen LogP) is 0.781. The molecule has 2 N–H and O–H groups in total. The van der Waals surface area contributed by atoms with E-state index >= 15 is 0 Å². The van der Waals surface area contributed by atoms with Crippen molar-refractivity contribution < 1.29 is 19.4 Å². The van der Waals surface area contributed by atoms with Gasteiger partial charge in [0.1, 0.15) is 11.6 Å². The second-order valence-electron chi connectivity index (χ2n) is 4.35. The van der Waals surface area contributed by atoms with Crippen LogP contribution in [-0.2, 0) is 14.3 Å². The smallest absolute Gasteiger partial charge is 0.320 e. The minimum absolute atomic E-state index is 0.175. The van der Waals surface area contributed by atoms with E-state index in [1.165, 1.54) is 6.92 Å². The lowest BCUT2D eigenvalue weighted by molar-refractivity contribution is -0.155. The lowest BCUT2D eigenvalue weighted by Gasteiger charge is -2.19. The van der Waals surface area contributed by atoms with Crippen LogP contribution in [0.2, 0.25) is 0 Å². The van der Waals surface area contributed by atoms with E-state index in [2.05, 4.69) is 5.32 Å². The Morgan fingerprint density at radius 2 is 1.93 bits per heavy atom. The Morgan fingerprint density at radius 3 is 2.33 bits per heavy atom. The third kappa shape index (κ3) is 7.93. The molecule has 5 heteroatoms. The fourth-order valence-corrected chi connectivity index (χ4v) is 0.871. The van der Waals surface area contributed by atoms with Crippen molar-refractivity contribution in [3.63, 3.8) is 0 Å². The van der Waals surface area contributed by atoms with Crippen LogP contribution in [0.25, 0.3) is 0 Å². The molecule has 0 bridgehead atoms. The summed E-state index contributed by atoms with van der Waals surface area (Å²) in [4.78, 5) is 21.6. The quantitative estimate of drug-likeness (QED) is 0.665. The molecule has 0 fully saturated rings. The van der Waals surface area contributed by atoms with Gasteiger partial charge in [-0.05, 0) is 27.7 Å². The van der Waals surface area contributed by atoms with Crippen molar-refractivity contribution in [1.29, 1.82) is 0 Å². The normalized spacial score (nSPS) is 13.3. The van der Waals surface area contributed by atoms with Crippen molar-refractivity contribution in [1.82, 2.24) is 5.32 Å². The number of aliphatic carboxylic acids is 1. The summed E-state index contributed by atoms with van der Waals surface area (Å²) in [6.07, 6.45) is 0.175. The zero-order valence-corrected chi connectivity index (χ0v) is 9.66. The van der Waals surface area contributed by atoms with Gasteiger partial charge in [-0.3, -0.25) is 9.59 Å². The van der Waals surface area contributed by atoms with E-state index in [0.29, 0.717) is 6.54 Å². The van der Waals surface area contributed by atoms with E-state index in [1.54, 1.807) is 20.8 Å². The molecule has 0 saturated carbocycles. The summed E-state index contributed by atoms with van der Waals surface area (Å²) in [6, 6.07) is -0.646. The fraction of sp³-hybridized carbons (Fsp3) is 0.800. The molecule has 0 aliphatic rings. The number of carbonyl (C=O) groups excluding carboxylic acids is 1. The third-order valence-electron chi connectivity index (χ3n) is 1.57. The molecule has 0 aliphatic heterocycles. The molecule has 15 heavy (non-hydrogen) atoms. The highest BCUT2D eigenvalue weighted by atomic mass is 16.6. The Kier molecular flexibility index (Phi) is 5.28. The van der Waals surface area contributed by atoms with Crippen molar-refractivity contribution in [3.05, 3.63) is 0 Å². The Morgan fingerprint density at radius 1 is 1.40 bits per heavy atom. The van der Waals surface area contributed by atoms with Crippen molar-refractivity contribution in [3.8, 4) is 0 Å². The first kappa shape index (κ1) is 13.9. The number of carbonyl (C=O) groups is 2. The summed E-state index contributed by atoms with van der Waals surface area (Å²) < 4.78 is 5.05. The molecular weight excluding hydrogens is 198 g/mol. The third-order valence-corrected chi connectivity index (χ3v) is 1.57. The van der Waals surface area contributed by atoms with E-state index in [0.717, 1.165) is 0 Å². The number of carboxylic acids is 1. The van der Waals surface area contributed by atoms with E-state index in [1.807, 2.05) is 0 Å². The molecule has 0 unspecified atom stereocenters. The van der Waals surface area contributed by atoms with E-state index < -0.39 is 17.6 Å². The number of hydrogen-bond acceptors (Lipinski definition) is 4. The zero-order chi connectivity index (χ0) is 12.1. The van der Waals surface area contributed by atoms with Crippen LogP contribution in [-0.4, -0.2) is 35.2 Å². The van der Waals surface area contributed by atoms with Gasteiger partial charge in [0.15, 0.2) is 0 Å². The van der Waals surface area contributed by atoms with Crippen LogP contribution >= 0.6 is 0 Å². The summed E-state index contributed by atoms with van der Waals surface area (Å²) in [6.45, 7) is 7.20. The maximum Gasteiger partial charge on any atom is 0.320 e. The number of hydrogen-bond donors (Lipinski definition) is 2. The predicted molar refractivity (Wildman–Crippen MR) is 55.6 cm³/mol. The van der Waals surface area contributed by atoms with Gasteiger partial charge in [0.2, 0.25) is 0 Å². The van der Waals surface area contributed by atoms with E-state index in [9.17, 15) is 9.59 Å². The van der Waals surface area contributed by atoms with Crippen LogP contribution in [0.5, 0.6) is 0 Å². The first-order valence-corrected chi connectivity index (χ1v) is 4.90. The molecule has 88 valence electrons. The number of ether oxygens (including phenoxy) is 1. The average Bonchev–Trinajstić information content (AvgIpc) is 2.00. The summed E-state index contributed by atoms with van der Waals surface area (Å²) in [5, 5.41) is 11.3. The number of rotatable bonds is 5. The maximum atomic E-state index is 11.2. The molecule has 0 heterocycles. The molecule has 0 spiro atoms. The summed E-state index contributed by atoms with van der Waals surface area (Å²) >= 11 is 0. The molecule has 0 aromatic heterocycles. The highest BCUT2D eigenvalue weighted by molar-refractivity contribution is 5.73. The Labute approximate surface area is 89.8 Å². The molecule has 0 aromatic rings. The highest BCUT2D eigenvalue weighted by Crippen LogP contribution is 2.07. The summed E-state index contributed by atoms with van der Waals surface area (Å²) in [5.41, 5.74) is -0.491. The van der Waals surface area contributed by atoms with Crippen LogP contribution < -0.4 is 5.32 Å². The molecule has 0 saturated heterocycles. The Bertz CT molecular complexity index is 232. The lowest BCUT2D eigenvalue weighted by atomic mass is 10.2. The van der Waals surface area contributed by atoms with Gasteiger partial charge in [-0.2, -0.15) is 0 Å². The van der Waals surface area contributed by atoms with Crippen LogP contribution in [0.15, 0.2) is 0 Å². The van der Waals surface area contributed by atoms with E-state index in [4.69, 9.17) is 9.84 Å². The highest BCUT2D eigenvalue weighted by Gasteiger charge is 2.16. The zero-order valence-electron chi connectivity index (χ0n) is 9.66. The largest absolute Gasteiger partial charge is 0.480 e. The summed E-state index contributed by atoms with van der Waals surface area (Å²) in [5.74, 6) is -1.26. The first-order valence-electron chi connectivity index (χ1n) is 4.90. The minimum atomic E-state index is -0.931. The SMILES string of the molecule is C[C@H](NCCC(=O)OC(C)(C)C)C(=O)O. The first-order chi connectivity index (χ1) is 6.72. The van der Waals surface area contributed by atoms with Crippen molar-refractivity contribution in [2.45, 2.75) is 45.8 Å². The van der Waals surface area contributed by atoms with Gasteiger partial charge in [-0.25, -0.2) is 0 Å². The number of carboxylic acid groups (broad SMARTS) is 1. The van der Waals surface area contributed by atoms with Gasteiger partial charge in [0.05, 0.1) is 6.42 Å². The topological polar surface area (TPSA) is 75.6 Å². The Balaban J connectivity index is 3.69. The molecule has 0 aromatic carbocycles. The van der Waals surface area contributed by atoms with Crippen molar-refractivity contribution >= 4 is 11.9 Å². The average molecular weight is 217 g/mol. The second kappa shape index (κ2) is 5.70. The Hall–Kier alpha value is -1.10. The van der Waals surface area contributed by atoms with Gasteiger partial charge in [0.25, 0.3) is 0 Å². The van der Waals surface area contributed by atoms with Gasteiger partial charge in [-0.15, -0.1) is 0 Å². The standard InChI is InChI=1S/C10H19NO4/c1-7(9(13)14)11-6-5-8(12)15-10(2,3)4/h7,11H,5-6H2,1-4H3,(H,13,14)/t7-/m0/s1. The van der Waals surface area contributed by atoms with Gasteiger partial charge in [-0.1, -0.05) is 0 Å². The summed E-state index contributed by atoms with van der Waals surface area (Å²) in [7, 11) is 0. The van der Waals surface area contributed by atoms with Gasteiger partial charge < -0.3 is 15.2 Å². The van der Waals surface area contributed by atoms with E-state index in [-0.39, 0.29) is 12.4 Å². The minimum Gasteiger partial charge on any atom is -0.480 e. The molecule has 0 radical (unpaired) electrons. The second-order valence-corrected chi connectivity index (χ2v) is 4.35. The van der Waals surface area contributed by atoms with Gasteiger partial charge in [0, 0.05) is 6.54 Å². The van der Waals surface area contributed by atoms with Gasteiger partial charge >= 0.3 is 11.9 Å². The van der Waals surface area contributed by atoms with Crippen LogP contribution in [0.4, 0.5) is 0 Å². The number of esters is 1. The number of nitrogens with one attached hydrogen (secondary N) is 1. The van der Waals surface area contributed by atoms with Crippen LogP contribution in [0.3, 0.4) is 0 Å².